The lowest BCUT2D eigenvalue weighted by molar-refractivity contribution is -0.120. The molecule has 0 spiro atoms. The predicted octanol–water partition coefficient (Wildman–Crippen LogP) is 1.33. The molecule has 1 N–H and O–H groups in total. The molecule has 6 heteroatoms. The second-order valence-electron chi connectivity index (χ2n) is 4.72. The first-order valence-electron chi connectivity index (χ1n) is 6.11. The Morgan fingerprint density at radius 1 is 1.32 bits per heavy atom. The zero-order chi connectivity index (χ0) is 13.6. The number of benzene rings is 1. The number of amides is 3. The van der Waals surface area contributed by atoms with Crippen LogP contribution in [0.1, 0.15) is 12.0 Å². The summed E-state index contributed by atoms with van der Waals surface area (Å²) in [7, 11) is 1.84. The monoisotopic (exact) mass is 258 g/mol. The highest BCUT2D eigenvalue weighted by molar-refractivity contribution is 6.08. The average Bonchev–Trinajstić information content (AvgIpc) is 2.66. The van der Waals surface area contributed by atoms with Crippen LogP contribution in [0.2, 0.25) is 0 Å². The van der Waals surface area contributed by atoms with Crippen molar-refractivity contribution >= 4 is 28.7 Å². The first kappa shape index (κ1) is 11.7. The number of imide groups is 1. The molecule has 2 heterocycles. The molecule has 0 radical (unpaired) electrons. The smallest absolute Gasteiger partial charge is 0.278 e. The first-order valence-corrected chi connectivity index (χ1v) is 6.11. The van der Waals surface area contributed by atoms with Gasteiger partial charge in [-0.3, -0.25) is 19.7 Å². The summed E-state index contributed by atoms with van der Waals surface area (Å²) in [6.45, 7) is 2.36. The van der Waals surface area contributed by atoms with Crippen molar-refractivity contribution in [1.29, 1.82) is 0 Å². The van der Waals surface area contributed by atoms with Gasteiger partial charge in [-0.05, 0) is 19.1 Å². The normalized spacial score (nSPS) is 16.0. The number of nitrogens with one attached hydrogen (secondary N) is 1. The number of anilines is 1. The summed E-state index contributed by atoms with van der Waals surface area (Å²) in [5.74, 6) is 0.365. The number of nitrogens with zero attached hydrogens (tertiary/aromatic N) is 3. The van der Waals surface area contributed by atoms with Crippen LogP contribution in [0.25, 0.3) is 10.9 Å². The summed E-state index contributed by atoms with van der Waals surface area (Å²) in [5, 5.41) is 7.64. The van der Waals surface area contributed by atoms with Gasteiger partial charge >= 0.3 is 6.03 Å². The highest BCUT2D eigenvalue weighted by Crippen LogP contribution is 2.27. The van der Waals surface area contributed by atoms with Gasteiger partial charge in [0.1, 0.15) is 0 Å². The lowest BCUT2D eigenvalue weighted by atomic mass is 10.1. The Labute approximate surface area is 110 Å². The number of aromatic nitrogens is 2. The minimum Gasteiger partial charge on any atom is -0.278 e. The molecule has 1 fully saturated rings. The van der Waals surface area contributed by atoms with Crippen LogP contribution in [0.15, 0.2) is 18.2 Å². The summed E-state index contributed by atoms with van der Waals surface area (Å²) < 4.78 is 1.74. The quantitative estimate of drug-likeness (QED) is 0.839. The van der Waals surface area contributed by atoms with E-state index in [0.717, 1.165) is 16.5 Å². The second kappa shape index (κ2) is 4.08. The molecule has 1 aromatic heterocycles. The molecule has 3 amide bonds. The SMILES string of the molecule is Cc1ccc2c(c1)c(N1CCC(=O)NC1=O)nn2C. The molecule has 3 rings (SSSR count). The third-order valence-corrected chi connectivity index (χ3v) is 3.30. The average molecular weight is 258 g/mol. The molecule has 1 aliphatic rings. The maximum Gasteiger partial charge on any atom is 0.329 e. The van der Waals surface area contributed by atoms with Crippen LogP contribution in [0.4, 0.5) is 10.6 Å². The van der Waals surface area contributed by atoms with Gasteiger partial charge in [-0.25, -0.2) is 4.79 Å². The minimum atomic E-state index is -0.405. The summed E-state index contributed by atoms with van der Waals surface area (Å²) in [5.41, 5.74) is 2.07. The third kappa shape index (κ3) is 1.85. The van der Waals surface area contributed by atoms with Crippen molar-refractivity contribution in [3.63, 3.8) is 0 Å². The van der Waals surface area contributed by atoms with E-state index < -0.39 is 6.03 Å². The molecule has 19 heavy (non-hydrogen) atoms. The van der Waals surface area contributed by atoms with E-state index in [1.54, 1.807) is 4.68 Å². The number of rotatable bonds is 1. The number of hydrogen-bond acceptors (Lipinski definition) is 3. The molecule has 1 aliphatic heterocycles. The van der Waals surface area contributed by atoms with Gasteiger partial charge < -0.3 is 0 Å². The molecule has 0 atom stereocenters. The standard InChI is InChI=1S/C13H14N4O2/c1-8-3-4-10-9(7-8)12(15-16(10)2)17-6-5-11(18)14-13(17)19/h3-4,7H,5-6H2,1-2H3,(H,14,18,19). The zero-order valence-corrected chi connectivity index (χ0v) is 10.8. The molecule has 0 bridgehead atoms. The lowest BCUT2D eigenvalue weighted by Gasteiger charge is -2.24. The Morgan fingerprint density at radius 2 is 2.11 bits per heavy atom. The number of urea groups is 1. The van der Waals surface area contributed by atoms with E-state index in [4.69, 9.17) is 0 Å². The van der Waals surface area contributed by atoms with Crippen LogP contribution in [-0.4, -0.2) is 28.3 Å². The molecule has 1 aromatic carbocycles. The Morgan fingerprint density at radius 3 is 2.84 bits per heavy atom. The predicted molar refractivity (Wildman–Crippen MR) is 71.0 cm³/mol. The lowest BCUT2D eigenvalue weighted by Crippen LogP contribution is -2.49. The molecule has 0 saturated carbocycles. The van der Waals surface area contributed by atoms with Crippen LogP contribution >= 0.6 is 0 Å². The van der Waals surface area contributed by atoms with Crippen LogP contribution in [0, 0.1) is 6.92 Å². The van der Waals surface area contributed by atoms with E-state index in [9.17, 15) is 9.59 Å². The molecule has 98 valence electrons. The van der Waals surface area contributed by atoms with Crippen LogP contribution in [-0.2, 0) is 11.8 Å². The maximum absolute atomic E-state index is 11.9. The van der Waals surface area contributed by atoms with Gasteiger partial charge in [0.15, 0.2) is 5.82 Å². The van der Waals surface area contributed by atoms with Gasteiger partial charge in [0.2, 0.25) is 5.91 Å². The van der Waals surface area contributed by atoms with Crippen molar-refractivity contribution < 1.29 is 9.59 Å². The van der Waals surface area contributed by atoms with Crippen molar-refractivity contribution in [2.45, 2.75) is 13.3 Å². The zero-order valence-electron chi connectivity index (χ0n) is 10.8. The van der Waals surface area contributed by atoms with Gasteiger partial charge in [0, 0.05) is 25.4 Å². The van der Waals surface area contributed by atoms with Gasteiger partial charge in [0.25, 0.3) is 0 Å². The fraction of sp³-hybridized carbons (Fsp3) is 0.308. The summed E-state index contributed by atoms with van der Waals surface area (Å²) in [6, 6.07) is 5.58. The maximum atomic E-state index is 11.9. The van der Waals surface area contributed by atoms with Gasteiger partial charge in [-0.1, -0.05) is 11.6 Å². The molecule has 0 unspecified atom stereocenters. The molecule has 6 nitrogen and oxygen atoms in total. The van der Waals surface area contributed by atoms with Crippen LogP contribution in [0.3, 0.4) is 0 Å². The Bertz CT molecular complexity index is 689. The molecular weight excluding hydrogens is 244 g/mol. The van der Waals surface area contributed by atoms with Gasteiger partial charge in [-0.15, -0.1) is 0 Å². The van der Waals surface area contributed by atoms with E-state index in [0.29, 0.717) is 18.8 Å². The molecule has 1 saturated heterocycles. The molecule has 2 aromatic rings. The first-order chi connectivity index (χ1) is 9.06. The van der Waals surface area contributed by atoms with Crippen molar-refractivity contribution in [1.82, 2.24) is 15.1 Å². The van der Waals surface area contributed by atoms with Crippen LogP contribution in [0.5, 0.6) is 0 Å². The van der Waals surface area contributed by atoms with Gasteiger partial charge in [0.05, 0.1) is 5.52 Å². The number of fused-ring (bicyclic) bond motifs is 1. The number of hydrogen-bond donors (Lipinski definition) is 1. The van der Waals surface area contributed by atoms with E-state index in [1.165, 1.54) is 4.90 Å². The Hall–Kier alpha value is -2.37. The van der Waals surface area contributed by atoms with E-state index in [-0.39, 0.29) is 5.91 Å². The van der Waals surface area contributed by atoms with Crippen molar-refractivity contribution in [3.8, 4) is 0 Å². The van der Waals surface area contributed by atoms with E-state index >= 15 is 0 Å². The fourth-order valence-corrected chi connectivity index (χ4v) is 2.33. The van der Waals surface area contributed by atoms with Crippen molar-refractivity contribution in [2.24, 2.45) is 7.05 Å². The fourth-order valence-electron chi connectivity index (χ4n) is 2.33. The second-order valence-corrected chi connectivity index (χ2v) is 4.72. The summed E-state index contributed by atoms with van der Waals surface area (Å²) in [6.07, 6.45) is 0.301. The number of carbonyl (C=O) groups excluding carboxylic acids is 2. The highest BCUT2D eigenvalue weighted by Gasteiger charge is 2.27. The molecular formula is C13H14N4O2. The van der Waals surface area contributed by atoms with E-state index in [1.807, 2.05) is 32.2 Å². The summed E-state index contributed by atoms with van der Waals surface area (Å²) >= 11 is 0. The topological polar surface area (TPSA) is 67.2 Å². The number of aryl methyl sites for hydroxylation is 2. The van der Waals surface area contributed by atoms with Gasteiger partial charge in [-0.2, -0.15) is 5.10 Å². The minimum absolute atomic E-state index is 0.238. The number of carbonyl (C=O) groups is 2. The highest BCUT2D eigenvalue weighted by atomic mass is 16.2. The van der Waals surface area contributed by atoms with Crippen LogP contribution < -0.4 is 10.2 Å². The van der Waals surface area contributed by atoms with Crippen molar-refractivity contribution in [3.05, 3.63) is 23.8 Å². The summed E-state index contributed by atoms with van der Waals surface area (Å²) in [4.78, 5) is 24.6. The van der Waals surface area contributed by atoms with Crippen molar-refractivity contribution in [2.75, 3.05) is 11.4 Å². The Balaban J connectivity index is 2.12. The molecule has 0 aliphatic carbocycles. The van der Waals surface area contributed by atoms with E-state index in [2.05, 4.69) is 10.4 Å². The largest absolute Gasteiger partial charge is 0.329 e. The third-order valence-electron chi connectivity index (χ3n) is 3.30. The Kier molecular flexibility index (Phi) is 2.51.